The smallest absolute Gasteiger partial charge is 0.264 e. The van der Waals surface area contributed by atoms with E-state index < -0.39 is 0 Å². The van der Waals surface area contributed by atoms with Crippen molar-refractivity contribution in [2.24, 2.45) is 4.99 Å². The van der Waals surface area contributed by atoms with Crippen LogP contribution in [0.15, 0.2) is 52.4 Å². The van der Waals surface area contributed by atoms with Gasteiger partial charge in [0.15, 0.2) is 11.8 Å². The highest BCUT2D eigenvalue weighted by Gasteiger charge is 2.24. The number of hydrogen-bond acceptors (Lipinski definition) is 6. The van der Waals surface area contributed by atoms with Gasteiger partial charge in [-0.15, -0.1) is 0 Å². The predicted octanol–water partition coefficient (Wildman–Crippen LogP) is 3.43. The van der Waals surface area contributed by atoms with Gasteiger partial charge in [0, 0.05) is 13.1 Å². The Hall–Kier alpha value is -3.10. The van der Waals surface area contributed by atoms with Crippen LogP contribution in [0.3, 0.4) is 0 Å². The van der Waals surface area contributed by atoms with Crippen LogP contribution in [0.2, 0.25) is 0 Å². The van der Waals surface area contributed by atoms with Gasteiger partial charge in [-0.2, -0.15) is 0 Å². The van der Waals surface area contributed by atoms with Crippen molar-refractivity contribution in [1.82, 2.24) is 10.2 Å². The number of amides is 2. The fourth-order valence-electron chi connectivity index (χ4n) is 3.31. The second-order valence-electron chi connectivity index (χ2n) is 7.55. The maximum absolute atomic E-state index is 12.4. The van der Waals surface area contributed by atoms with E-state index in [1.165, 1.54) is 11.8 Å². The summed E-state index contributed by atoms with van der Waals surface area (Å²) in [5.41, 5.74) is 3.96. The van der Waals surface area contributed by atoms with Crippen LogP contribution < -0.4 is 10.1 Å². The standard InChI is InChI=1S/C24H25N3O4S/c1-16-4-3-5-20(17(16)2)25-24-26-23(29)21(32-24)14-18-6-8-19(9-7-18)31-15-22(28)27-10-12-30-13-11-27/h3-9,14H,10-13,15H2,1-2H3,(H,25,26,29)/b21-14-. The number of benzene rings is 2. The molecule has 0 radical (unpaired) electrons. The number of morpholine rings is 1. The van der Waals surface area contributed by atoms with Gasteiger partial charge in [0.2, 0.25) is 0 Å². The van der Waals surface area contributed by atoms with Gasteiger partial charge < -0.3 is 19.7 Å². The number of ether oxygens (including phenoxy) is 2. The number of aliphatic imine (C=N–C) groups is 1. The number of amidine groups is 1. The molecule has 2 amide bonds. The molecule has 8 heteroatoms. The molecule has 2 aliphatic rings. The van der Waals surface area contributed by atoms with Crippen LogP contribution in [0.1, 0.15) is 16.7 Å². The normalized spacial score (nSPS) is 18.8. The lowest BCUT2D eigenvalue weighted by atomic mass is 10.1. The van der Waals surface area contributed by atoms with Crippen LogP contribution in [0, 0.1) is 13.8 Å². The zero-order valence-electron chi connectivity index (χ0n) is 18.1. The van der Waals surface area contributed by atoms with E-state index in [1.54, 1.807) is 17.0 Å². The van der Waals surface area contributed by atoms with E-state index in [2.05, 4.69) is 10.3 Å². The first-order chi connectivity index (χ1) is 15.5. The second-order valence-corrected chi connectivity index (χ2v) is 8.58. The molecule has 0 spiro atoms. The van der Waals surface area contributed by atoms with E-state index in [4.69, 9.17) is 9.47 Å². The lowest BCUT2D eigenvalue weighted by Gasteiger charge is -2.26. The van der Waals surface area contributed by atoms with Crippen molar-refractivity contribution in [3.05, 3.63) is 64.1 Å². The number of hydrogen-bond donors (Lipinski definition) is 1. The molecular weight excluding hydrogens is 426 g/mol. The van der Waals surface area contributed by atoms with Crippen molar-refractivity contribution in [1.29, 1.82) is 0 Å². The van der Waals surface area contributed by atoms with Crippen molar-refractivity contribution < 1.29 is 19.1 Å². The number of aryl methyl sites for hydroxylation is 1. The average molecular weight is 452 g/mol. The Bertz CT molecular complexity index is 1070. The third kappa shape index (κ3) is 5.38. The van der Waals surface area contributed by atoms with Gasteiger partial charge in [-0.3, -0.25) is 9.59 Å². The summed E-state index contributed by atoms with van der Waals surface area (Å²) >= 11 is 1.32. The third-order valence-electron chi connectivity index (χ3n) is 5.35. The van der Waals surface area contributed by atoms with Gasteiger partial charge >= 0.3 is 0 Å². The van der Waals surface area contributed by atoms with Crippen LogP contribution >= 0.6 is 11.8 Å². The summed E-state index contributed by atoms with van der Waals surface area (Å²) in [7, 11) is 0. The molecule has 32 heavy (non-hydrogen) atoms. The number of nitrogens with zero attached hydrogens (tertiary/aromatic N) is 2. The maximum Gasteiger partial charge on any atom is 0.264 e. The van der Waals surface area contributed by atoms with Gasteiger partial charge in [-0.1, -0.05) is 24.3 Å². The van der Waals surface area contributed by atoms with E-state index in [-0.39, 0.29) is 18.4 Å². The minimum atomic E-state index is -0.171. The molecule has 2 aromatic rings. The molecule has 2 fully saturated rings. The highest BCUT2D eigenvalue weighted by molar-refractivity contribution is 8.18. The monoisotopic (exact) mass is 451 g/mol. The largest absolute Gasteiger partial charge is 0.484 e. The summed E-state index contributed by atoms with van der Waals surface area (Å²) in [4.78, 5) is 31.5. The van der Waals surface area contributed by atoms with Gasteiger partial charge in [0.1, 0.15) is 5.75 Å². The molecule has 0 unspecified atom stereocenters. The summed E-state index contributed by atoms with van der Waals surface area (Å²) in [6, 6.07) is 13.2. The number of rotatable bonds is 5. The quantitative estimate of drug-likeness (QED) is 0.705. The Kier molecular flexibility index (Phi) is 6.92. The fraction of sp³-hybridized carbons (Fsp3) is 0.292. The van der Waals surface area contributed by atoms with Crippen molar-refractivity contribution in [2.75, 3.05) is 32.9 Å². The van der Waals surface area contributed by atoms with Crippen molar-refractivity contribution >= 4 is 40.5 Å². The number of thioether (sulfide) groups is 1. The van der Waals surface area contributed by atoms with Crippen LogP contribution in [0.25, 0.3) is 6.08 Å². The van der Waals surface area contributed by atoms with E-state index in [0.717, 1.165) is 22.4 Å². The van der Waals surface area contributed by atoms with Crippen molar-refractivity contribution in [3.8, 4) is 5.75 Å². The first-order valence-electron chi connectivity index (χ1n) is 10.4. The van der Waals surface area contributed by atoms with Gasteiger partial charge in [0.25, 0.3) is 11.8 Å². The molecule has 2 aromatic carbocycles. The van der Waals surface area contributed by atoms with E-state index in [9.17, 15) is 9.59 Å². The lowest BCUT2D eigenvalue weighted by Crippen LogP contribution is -2.42. The zero-order valence-corrected chi connectivity index (χ0v) is 18.9. The Labute approximate surface area is 191 Å². The molecule has 0 aliphatic carbocycles. The molecule has 0 saturated carbocycles. The number of carbonyl (C=O) groups excluding carboxylic acids is 2. The fourth-order valence-corrected chi connectivity index (χ4v) is 4.14. The molecule has 1 N–H and O–H groups in total. The summed E-state index contributed by atoms with van der Waals surface area (Å²) in [5, 5.41) is 3.39. The Morgan fingerprint density at radius 3 is 2.69 bits per heavy atom. The molecule has 166 valence electrons. The number of carbonyl (C=O) groups is 2. The van der Waals surface area contributed by atoms with Crippen molar-refractivity contribution in [3.63, 3.8) is 0 Å². The van der Waals surface area contributed by atoms with E-state index >= 15 is 0 Å². The Morgan fingerprint density at radius 2 is 1.94 bits per heavy atom. The molecule has 0 aromatic heterocycles. The third-order valence-corrected chi connectivity index (χ3v) is 6.26. The maximum atomic E-state index is 12.4. The van der Waals surface area contributed by atoms with Crippen molar-refractivity contribution in [2.45, 2.75) is 13.8 Å². The summed E-state index contributed by atoms with van der Waals surface area (Å²) in [5.74, 6) is 0.388. The molecule has 0 bridgehead atoms. The van der Waals surface area contributed by atoms with Crippen LogP contribution in [-0.4, -0.2) is 54.8 Å². The van der Waals surface area contributed by atoms with E-state index in [0.29, 0.717) is 42.1 Å². The first kappa shape index (κ1) is 22.1. The zero-order chi connectivity index (χ0) is 22.5. The number of nitrogens with one attached hydrogen (secondary N) is 1. The van der Waals surface area contributed by atoms with Gasteiger partial charge in [0.05, 0.1) is 23.8 Å². The topological polar surface area (TPSA) is 80.2 Å². The molecule has 2 saturated heterocycles. The van der Waals surface area contributed by atoms with Gasteiger partial charge in [-0.25, -0.2) is 4.99 Å². The van der Waals surface area contributed by atoms with Crippen LogP contribution in [0.5, 0.6) is 5.75 Å². The van der Waals surface area contributed by atoms with Gasteiger partial charge in [-0.05, 0) is 66.6 Å². The SMILES string of the molecule is Cc1cccc(N=C2NC(=O)/C(=C/c3ccc(OCC(=O)N4CCOCC4)cc3)S2)c1C. The summed E-state index contributed by atoms with van der Waals surface area (Å²) in [6.07, 6.45) is 1.81. The first-order valence-corrected chi connectivity index (χ1v) is 11.3. The Morgan fingerprint density at radius 1 is 1.19 bits per heavy atom. The molecular formula is C24H25N3O4S. The minimum Gasteiger partial charge on any atom is -0.484 e. The lowest BCUT2D eigenvalue weighted by molar-refractivity contribution is -0.137. The second kappa shape index (κ2) is 10.0. The molecule has 0 atom stereocenters. The molecule has 7 nitrogen and oxygen atoms in total. The predicted molar refractivity (Wildman–Crippen MR) is 126 cm³/mol. The molecule has 2 aliphatic heterocycles. The van der Waals surface area contributed by atoms with Crippen LogP contribution in [0.4, 0.5) is 5.69 Å². The molecule has 4 rings (SSSR count). The molecule has 2 heterocycles. The summed E-state index contributed by atoms with van der Waals surface area (Å²) < 4.78 is 10.9. The van der Waals surface area contributed by atoms with Crippen LogP contribution in [-0.2, 0) is 14.3 Å². The minimum absolute atomic E-state index is 0.00308. The highest BCUT2D eigenvalue weighted by atomic mass is 32.2. The van der Waals surface area contributed by atoms with E-state index in [1.807, 2.05) is 50.3 Å². The Balaban J connectivity index is 1.37. The summed E-state index contributed by atoms with van der Waals surface area (Å²) in [6.45, 7) is 6.39. The highest BCUT2D eigenvalue weighted by Crippen LogP contribution is 2.30. The average Bonchev–Trinajstić information content (AvgIpc) is 3.15.